The van der Waals surface area contributed by atoms with Crippen molar-refractivity contribution in [3.8, 4) is 5.75 Å². The van der Waals surface area contributed by atoms with Gasteiger partial charge in [-0.05, 0) is 29.8 Å². The second kappa shape index (κ2) is 8.68. The standard InChI is InChI=1S/C21H25N3O3/c1-16(25)23-12-14-24(15-13-23)20(17-6-4-3-5-7-17)21(26)22-18-8-10-19(27-2)11-9-18/h3-11,20H,12-15H2,1-2H3,(H,22,26). The molecule has 2 aromatic rings. The quantitative estimate of drug-likeness (QED) is 0.882. The van der Waals surface area contributed by atoms with Gasteiger partial charge in [0, 0.05) is 38.8 Å². The Hall–Kier alpha value is -2.86. The highest BCUT2D eigenvalue weighted by Gasteiger charge is 2.31. The molecular weight excluding hydrogens is 342 g/mol. The number of ether oxygens (including phenoxy) is 1. The third-order valence-electron chi connectivity index (χ3n) is 4.85. The largest absolute Gasteiger partial charge is 0.497 e. The maximum atomic E-state index is 13.1. The first-order valence-corrected chi connectivity index (χ1v) is 9.08. The lowest BCUT2D eigenvalue weighted by molar-refractivity contribution is -0.131. The summed E-state index contributed by atoms with van der Waals surface area (Å²) in [5.74, 6) is 0.740. The molecule has 142 valence electrons. The summed E-state index contributed by atoms with van der Waals surface area (Å²) in [6.45, 7) is 4.17. The molecular formula is C21H25N3O3. The van der Waals surface area contributed by atoms with Gasteiger partial charge in [-0.2, -0.15) is 0 Å². The molecule has 1 saturated heterocycles. The van der Waals surface area contributed by atoms with Gasteiger partial charge in [0.15, 0.2) is 0 Å². The molecule has 1 fully saturated rings. The van der Waals surface area contributed by atoms with Gasteiger partial charge in [0.25, 0.3) is 0 Å². The van der Waals surface area contributed by atoms with Crippen molar-refractivity contribution in [3.63, 3.8) is 0 Å². The molecule has 0 radical (unpaired) electrons. The zero-order chi connectivity index (χ0) is 19.2. The zero-order valence-electron chi connectivity index (χ0n) is 15.7. The number of amides is 2. The van der Waals surface area contributed by atoms with E-state index in [1.54, 1.807) is 14.0 Å². The second-order valence-electron chi connectivity index (χ2n) is 6.57. The van der Waals surface area contributed by atoms with E-state index < -0.39 is 6.04 Å². The minimum Gasteiger partial charge on any atom is -0.497 e. The summed E-state index contributed by atoms with van der Waals surface area (Å²) in [6.07, 6.45) is 0. The molecule has 0 aromatic heterocycles. The predicted octanol–water partition coefficient (Wildman–Crippen LogP) is 2.54. The van der Waals surface area contributed by atoms with Crippen molar-refractivity contribution in [2.24, 2.45) is 0 Å². The molecule has 27 heavy (non-hydrogen) atoms. The van der Waals surface area contributed by atoms with Crippen molar-refractivity contribution in [2.75, 3.05) is 38.6 Å². The molecule has 0 spiro atoms. The van der Waals surface area contributed by atoms with E-state index in [2.05, 4.69) is 10.2 Å². The van der Waals surface area contributed by atoms with E-state index in [0.29, 0.717) is 26.2 Å². The lowest BCUT2D eigenvalue weighted by atomic mass is 10.0. The number of hydrogen-bond donors (Lipinski definition) is 1. The van der Waals surface area contributed by atoms with E-state index in [4.69, 9.17) is 4.74 Å². The monoisotopic (exact) mass is 367 g/mol. The van der Waals surface area contributed by atoms with Gasteiger partial charge in [0.2, 0.25) is 11.8 Å². The molecule has 2 aromatic carbocycles. The molecule has 6 heteroatoms. The van der Waals surface area contributed by atoms with Gasteiger partial charge in [0.1, 0.15) is 11.8 Å². The summed E-state index contributed by atoms with van der Waals surface area (Å²) in [7, 11) is 1.61. The van der Waals surface area contributed by atoms with Crippen molar-refractivity contribution in [1.29, 1.82) is 0 Å². The van der Waals surface area contributed by atoms with Crippen molar-refractivity contribution < 1.29 is 14.3 Å². The summed E-state index contributed by atoms with van der Waals surface area (Å²) in [4.78, 5) is 28.7. The zero-order valence-corrected chi connectivity index (χ0v) is 15.7. The van der Waals surface area contributed by atoms with E-state index in [-0.39, 0.29) is 11.8 Å². The molecule has 3 rings (SSSR count). The maximum absolute atomic E-state index is 13.1. The number of anilines is 1. The van der Waals surface area contributed by atoms with Crippen molar-refractivity contribution in [1.82, 2.24) is 9.80 Å². The Balaban J connectivity index is 1.77. The van der Waals surface area contributed by atoms with Crippen LogP contribution in [0.15, 0.2) is 54.6 Å². The SMILES string of the molecule is COc1ccc(NC(=O)C(c2ccccc2)N2CCN(C(C)=O)CC2)cc1. The number of piperazine rings is 1. The van der Waals surface area contributed by atoms with E-state index in [9.17, 15) is 9.59 Å². The lowest BCUT2D eigenvalue weighted by Gasteiger charge is -2.38. The molecule has 1 aliphatic rings. The van der Waals surface area contributed by atoms with Crippen LogP contribution in [0.4, 0.5) is 5.69 Å². The number of benzene rings is 2. The van der Waals surface area contributed by atoms with Gasteiger partial charge >= 0.3 is 0 Å². The van der Waals surface area contributed by atoms with Crippen LogP contribution < -0.4 is 10.1 Å². The molecule has 1 atom stereocenters. The number of rotatable bonds is 5. The van der Waals surface area contributed by atoms with E-state index >= 15 is 0 Å². The van der Waals surface area contributed by atoms with Crippen LogP contribution in [0.2, 0.25) is 0 Å². The van der Waals surface area contributed by atoms with E-state index in [0.717, 1.165) is 17.0 Å². The van der Waals surface area contributed by atoms with Crippen molar-refractivity contribution in [3.05, 3.63) is 60.2 Å². The van der Waals surface area contributed by atoms with Crippen LogP contribution in [0, 0.1) is 0 Å². The predicted molar refractivity (Wildman–Crippen MR) is 105 cm³/mol. The summed E-state index contributed by atoms with van der Waals surface area (Å²) in [5, 5.41) is 3.01. The van der Waals surface area contributed by atoms with Gasteiger partial charge in [-0.1, -0.05) is 30.3 Å². The fourth-order valence-electron chi connectivity index (χ4n) is 3.34. The van der Waals surface area contributed by atoms with Crippen molar-refractivity contribution >= 4 is 17.5 Å². The third-order valence-corrected chi connectivity index (χ3v) is 4.85. The fourth-order valence-corrected chi connectivity index (χ4v) is 3.34. The first-order valence-electron chi connectivity index (χ1n) is 9.08. The van der Waals surface area contributed by atoms with E-state index in [1.165, 1.54) is 0 Å². The van der Waals surface area contributed by atoms with Gasteiger partial charge in [-0.25, -0.2) is 0 Å². The van der Waals surface area contributed by atoms with E-state index in [1.807, 2.05) is 59.5 Å². The molecule has 1 N–H and O–H groups in total. The Morgan fingerprint density at radius 3 is 2.15 bits per heavy atom. The van der Waals surface area contributed by atoms with Gasteiger partial charge in [-0.3, -0.25) is 14.5 Å². The van der Waals surface area contributed by atoms with Crippen LogP contribution >= 0.6 is 0 Å². The van der Waals surface area contributed by atoms with Crippen molar-refractivity contribution in [2.45, 2.75) is 13.0 Å². The number of hydrogen-bond acceptors (Lipinski definition) is 4. The second-order valence-corrected chi connectivity index (χ2v) is 6.57. The van der Waals surface area contributed by atoms with Crippen LogP contribution in [0.1, 0.15) is 18.5 Å². The third kappa shape index (κ3) is 4.65. The van der Waals surface area contributed by atoms with Crippen LogP contribution in [0.5, 0.6) is 5.75 Å². The summed E-state index contributed by atoms with van der Waals surface area (Å²) in [5.41, 5.74) is 1.67. The number of nitrogens with one attached hydrogen (secondary N) is 1. The molecule has 2 amide bonds. The molecule has 1 unspecified atom stereocenters. The number of methoxy groups -OCH3 is 1. The summed E-state index contributed by atoms with van der Waals surface area (Å²) >= 11 is 0. The minimum absolute atomic E-state index is 0.0774. The Kier molecular flexibility index (Phi) is 6.08. The first kappa shape index (κ1) is 18.9. The molecule has 1 heterocycles. The smallest absolute Gasteiger partial charge is 0.246 e. The van der Waals surface area contributed by atoms with Crippen LogP contribution in [-0.2, 0) is 9.59 Å². The van der Waals surface area contributed by atoms with Gasteiger partial charge in [0.05, 0.1) is 7.11 Å². The van der Waals surface area contributed by atoms with Crippen LogP contribution in [-0.4, -0.2) is 54.9 Å². The topological polar surface area (TPSA) is 61.9 Å². The Bertz CT molecular complexity index is 769. The summed E-state index contributed by atoms with van der Waals surface area (Å²) < 4.78 is 5.16. The molecule has 6 nitrogen and oxygen atoms in total. The molecule has 1 aliphatic heterocycles. The molecule has 0 saturated carbocycles. The average molecular weight is 367 g/mol. The highest BCUT2D eigenvalue weighted by atomic mass is 16.5. The molecule has 0 bridgehead atoms. The number of carbonyl (C=O) groups excluding carboxylic acids is 2. The fraction of sp³-hybridized carbons (Fsp3) is 0.333. The van der Waals surface area contributed by atoms with Crippen LogP contribution in [0.25, 0.3) is 0 Å². The maximum Gasteiger partial charge on any atom is 0.246 e. The highest BCUT2D eigenvalue weighted by Crippen LogP contribution is 2.25. The van der Waals surface area contributed by atoms with Gasteiger partial charge in [-0.15, -0.1) is 0 Å². The minimum atomic E-state index is -0.401. The summed E-state index contributed by atoms with van der Waals surface area (Å²) in [6, 6.07) is 16.6. The lowest BCUT2D eigenvalue weighted by Crippen LogP contribution is -2.51. The average Bonchev–Trinajstić information content (AvgIpc) is 2.70. The Morgan fingerprint density at radius 1 is 0.963 bits per heavy atom. The van der Waals surface area contributed by atoms with Gasteiger partial charge < -0.3 is 15.0 Å². The Morgan fingerprint density at radius 2 is 1.59 bits per heavy atom. The highest BCUT2D eigenvalue weighted by molar-refractivity contribution is 5.95. The van der Waals surface area contributed by atoms with Crippen LogP contribution in [0.3, 0.4) is 0 Å². The normalized spacial score (nSPS) is 15.9. The number of nitrogens with zero attached hydrogens (tertiary/aromatic N) is 2. The number of carbonyl (C=O) groups is 2. The first-order chi connectivity index (χ1) is 13.1. The Labute approximate surface area is 159 Å². The molecule has 0 aliphatic carbocycles.